The van der Waals surface area contributed by atoms with Gasteiger partial charge in [-0.1, -0.05) is 19.1 Å². The zero-order valence-electron chi connectivity index (χ0n) is 11.6. The fraction of sp³-hybridized carbons (Fsp3) is 0.333. The van der Waals surface area contributed by atoms with Crippen molar-refractivity contribution in [3.63, 3.8) is 0 Å². The summed E-state index contributed by atoms with van der Waals surface area (Å²) in [7, 11) is 0. The first-order chi connectivity index (χ1) is 9.65. The van der Waals surface area contributed by atoms with Gasteiger partial charge in [0.15, 0.2) is 0 Å². The van der Waals surface area contributed by atoms with Gasteiger partial charge in [0.1, 0.15) is 0 Å². The van der Waals surface area contributed by atoms with Crippen LogP contribution in [0.5, 0.6) is 0 Å². The molecule has 0 aliphatic carbocycles. The van der Waals surface area contributed by atoms with E-state index in [-0.39, 0.29) is 11.8 Å². The second-order valence-electron chi connectivity index (χ2n) is 4.95. The number of amides is 1. The van der Waals surface area contributed by atoms with Gasteiger partial charge in [-0.2, -0.15) is 0 Å². The third-order valence-electron chi connectivity index (χ3n) is 3.27. The summed E-state index contributed by atoms with van der Waals surface area (Å²) >= 11 is 0. The lowest BCUT2D eigenvalue weighted by atomic mass is 9.97. The summed E-state index contributed by atoms with van der Waals surface area (Å²) in [6, 6.07) is 7.67. The predicted molar refractivity (Wildman–Crippen MR) is 79.2 cm³/mol. The highest BCUT2D eigenvalue weighted by molar-refractivity contribution is 5.76. The molecule has 0 fully saturated rings. The van der Waals surface area contributed by atoms with Crippen LogP contribution in [0.1, 0.15) is 30.5 Å². The molecular formula is C15H20N4O. The van der Waals surface area contributed by atoms with Gasteiger partial charge < -0.3 is 16.0 Å². The molecule has 0 aliphatic heterocycles. The molecule has 1 aromatic heterocycles. The number of aromatic nitrogens is 2. The van der Waals surface area contributed by atoms with E-state index in [0.29, 0.717) is 13.0 Å². The number of nitrogens with one attached hydrogen (secondary N) is 2. The minimum absolute atomic E-state index is 0.0637. The van der Waals surface area contributed by atoms with Crippen molar-refractivity contribution < 1.29 is 4.79 Å². The fourth-order valence-electron chi connectivity index (χ4n) is 2.05. The maximum Gasteiger partial charge on any atom is 0.220 e. The molecule has 0 saturated carbocycles. The van der Waals surface area contributed by atoms with E-state index >= 15 is 0 Å². The van der Waals surface area contributed by atoms with Crippen molar-refractivity contribution in [1.82, 2.24) is 15.3 Å². The molecule has 1 heterocycles. The molecule has 20 heavy (non-hydrogen) atoms. The molecule has 5 nitrogen and oxygen atoms in total. The van der Waals surface area contributed by atoms with Gasteiger partial charge >= 0.3 is 0 Å². The molecule has 0 aliphatic rings. The summed E-state index contributed by atoms with van der Waals surface area (Å²) in [5.74, 6) is 0.247. The van der Waals surface area contributed by atoms with Gasteiger partial charge in [-0.25, -0.2) is 4.98 Å². The van der Waals surface area contributed by atoms with Crippen LogP contribution in [0.15, 0.2) is 36.8 Å². The molecule has 2 rings (SSSR count). The number of carbonyl (C=O) groups excluding carboxylic acids is 1. The summed E-state index contributed by atoms with van der Waals surface area (Å²) in [6.45, 7) is 2.66. The van der Waals surface area contributed by atoms with Crippen molar-refractivity contribution in [3.05, 3.63) is 48.0 Å². The number of hydrogen-bond donors (Lipinski definition) is 3. The Morgan fingerprint density at radius 1 is 1.40 bits per heavy atom. The van der Waals surface area contributed by atoms with Gasteiger partial charge in [0.25, 0.3) is 0 Å². The summed E-state index contributed by atoms with van der Waals surface area (Å²) < 4.78 is 0. The lowest BCUT2D eigenvalue weighted by molar-refractivity contribution is -0.121. The predicted octanol–water partition coefficient (Wildman–Crippen LogP) is 1.84. The van der Waals surface area contributed by atoms with E-state index in [9.17, 15) is 4.79 Å². The fourth-order valence-corrected chi connectivity index (χ4v) is 2.05. The van der Waals surface area contributed by atoms with E-state index in [4.69, 9.17) is 5.73 Å². The number of nitrogens with zero attached hydrogens (tertiary/aromatic N) is 1. The number of benzene rings is 1. The molecule has 1 aromatic carbocycles. The van der Waals surface area contributed by atoms with E-state index in [2.05, 4.69) is 15.3 Å². The SMILES string of the molecule is CC(CC(=O)NCCc1cnc[nH]1)c1ccc(N)cc1. The van der Waals surface area contributed by atoms with Gasteiger partial charge in [-0.3, -0.25) is 4.79 Å². The molecule has 1 atom stereocenters. The Bertz CT molecular complexity index is 534. The van der Waals surface area contributed by atoms with Crippen molar-refractivity contribution >= 4 is 11.6 Å². The number of imidazole rings is 1. The van der Waals surface area contributed by atoms with Crippen LogP contribution in [0.2, 0.25) is 0 Å². The van der Waals surface area contributed by atoms with Crippen molar-refractivity contribution in [2.75, 3.05) is 12.3 Å². The van der Waals surface area contributed by atoms with Gasteiger partial charge in [0.2, 0.25) is 5.91 Å². The Labute approximate surface area is 118 Å². The molecule has 0 saturated heterocycles. The Balaban J connectivity index is 1.74. The van der Waals surface area contributed by atoms with Crippen molar-refractivity contribution in [2.24, 2.45) is 0 Å². The van der Waals surface area contributed by atoms with Gasteiger partial charge in [-0.15, -0.1) is 0 Å². The molecule has 0 spiro atoms. The number of anilines is 1. The molecule has 0 radical (unpaired) electrons. The average molecular weight is 272 g/mol. The van der Waals surface area contributed by atoms with Gasteiger partial charge in [0.05, 0.1) is 6.33 Å². The number of aromatic amines is 1. The van der Waals surface area contributed by atoms with Crippen LogP contribution in [0, 0.1) is 0 Å². The second kappa shape index (κ2) is 6.75. The van der Waals surface area contributed by atoms with Gasteiger partial charge in [0, 0.05) is 37.0 Å². The van der Waals surface area contributed by atoms with Crippen LogP contribution in [0.4, 0.5) is 5.69 Å². The third kappa shape index (κ3) is 4.12. The third-order valence-corrected chi connectivity index (χ3v) is 3.27. The Morgan fingerprint density at radius 2 is 2.15 bits per heavy atom. The molecule has 1 unspecified atom stereocenters. The van der Waals surface area contributed by atoms with E-state index in [1.54, 1.807) is 12.5 Å². The normalized spacial score (nSPS) is 12.1. The number of hydrogen-bond acceptors (Lipinski definition) is 3. The van der Waals surface area contributed by atoms with Crippen LogP contribution in [0.25, 0.3) is 0 Å². The number of nitrogen functional groups attached to an aromatic ring is 1. The van der Waals surface area contributed by atoms with Crippen LogP contribution >= 0.6 is 0 Å². The highest BCUT2D eigenvalue weighted by atomic mass is 16.1. The van der Waals surface area contributed by atoms with E-state index in [1.807, 2.05) is 31.2 Å². The summed E-state index contributed by atoms with van der Waals surface area (Å²) in [6.07, 6.45) is 4.65. The lowest BCUT2D eigenvalue weighted by Gasteiger charge is -2.12. The highest BCUT2D eigenvalue weighted by Gasteiger charge is 2.10. The van der Waals surface area contributed by atoms with Crippen LogP contribution in [-0.2, 0) is 11.2 Å². The van der Waals surface area contributed by atoms with Crippen LogP contribution in [0.3, 0.4) is 0 Å². The average Bonchev–Trinajstić information content (AvgIpc) is 2.92. The minimum atomic E-state index is 0.0637. The summed E-state index contributed by atoms with van der Waals surface area (Å²) in [5, 5.41) is 2.92. The molecule has 106 valence electrons. The molecule has 5 heteroatoms. The first-order valence-corrected chi connectivity index (χ1v) is 6.74. The highest BCUT2D eigenvalue weighted by Crippen LogP contribution is 2.19. The zero-order chi connectivity index (χ0) is 14.4. The largest absolute Gasteiger partial charge is 0.399 e. The monoisotopic (exact) mass is 272 g/mol. The topological polar surface area (TPSA) is 83.8 Å². The molecule has 2 aromatic rings. The van der Waals surface area contributed by atoms with E-state index < -0.39 is 0 Å². The van der Waals surface area contributed by atoms with Crippen molar-refractivity contribution in [1.29, 1.82) is 0 Å². The molecular weight excluding hydrogens is 252 g/mol. The number of carbonyl (C=O) groups is 1. The van der Waals surface area contributed by atoms with E-state index in [0.717, 1.165) is 23.4 Å². The number of nitrogens with two attached hydrogens (primary N) is 1. The van der Waals surface area contributed by atoms with Gasteiger partial charge in [-0.05, 0) is 23.6 Å². The first-order valence-electron chi connectivity index (χ1n) is 6.74. The minimum Gasteiger partial charge on any atom is -0.399 e. The molecule has 1 amide bonds. The molecule has 0 bridgehead atoms. The zero-order valence-corrected chi connectivity index (χ0v) is 11.6. The lowest BCUT2D eigenvalue weighted by Crippen LogP contribution is -2.26. The smallest absolute Gasteiger partial charge is 0.220 e. The van der Waals surface area contributed by atoms with Crippen molar-refractivity contribution in [3.8, 4) is 0 Å². The van der Waals surface area contributed by atoms with Crippen molar-refractivity contribution in [2.45, 2.75) is 25.7 Å². The summed E-state index contributed by atoms with van der Waals surface area (Å²) in [4.78, 5) is 18.8. The summed E-state index contributed by atoms with van der Waals surface area (Å²) in [5.41, 5.74) is 8.55. The Morgan fingerprint density at radius 3 is 2.80 bits per heavy atom. The van der Waals surface area contributed by atoms with E-state index in [1.165, 1.54) is 0 Å². The first kappa shape index (κ1) is 14.1. The Kier molecular flexibility index (Phi) is 4.76. The maximum atomic E-state index is 11.9. The second-order valence-corrected chi connectivity index (χ2v) is 4.95. The van der Waals surface area contributed by atoms with Crippen LogP contribution in [-0.4, -0.2) is 22.4 Å². The molecule has 4 N–H and O–H groups in total. The Hall–Kier alpha value is -2.30. The number of H-pyrrole nitrogens is 1. The number of rotatable bonds is 6. The maximum absolute atomic E-state index is 11.9. The van der Waals surface area contributed by atoms with Crippen LogP contribution < -0.4 is 11.1 Å². The quantitative estimate of drug-likeness (QED) is 0.702. The standard InChI is InChI=1S/C15H20N4O/c1-11(12-2-4-13(16)5-3-12)8-15(20)18-7-6-14-9-17-10-19-14/h2-5,9-11H,6-8,16H2,1H3,(H,17,19)(H,18,20).